The van der Waals surface area contributed by atoms with Gasteiger partial charge in [0.15, 0.2) is 0 Å². The Morgan fingerprint density at radius 2 is 1.85 bits per heavy atom. The molecule has 1 unspecified atom stereocenters. The standard InChI is InChI=1S/C21H20FNO3/c1-3-14(2)23(13-15-8-10-17(22)11-9-15)20(24)18-12-16-6-4-5-7-19(16)26-21(18)25/h4-12,14H,3,13H2,1-2H3. The summed E-state index contributed by atoms with van der Waals surface area (Å²) in [6.07, 6.45) is 0.728. The van der Waals surface area contributed by atoms with Crippen LogP contribution in [0.15, 0.2) is 63.8 Å². The number of rotatable bonds is 5. The van der Waals surface area contributed by atoms with Gasteiger partial charge in [0.05, 0.1) is 0 Å². The van der Waals surface area contributed by atoms with Gasteiger partial charge in [0.2, 0.25) is 0 Å². The lowest BCUT2D eigenvalue weighted by Crippen LogP contribution is -2.39. The van der Waals surface area contributed by atoms with Crippen LogP contribution in [-0.4, -0.2) is 16.8 Å². The molecule has 0 aliphatic heterocycles. The van der Waals surface area contributed by atoms with Gasteiger partial charge in [-0.15, -0.1) is 0 Å². The van der Waals surface area contributed by atoms with Crippen molar-refractivity contribution in [3.8, 4) is 0 Å². The van der Waals surface area contributed by atoms with Crippen molar-refractivity contribution in [2.24, 2.45) is 0 Å². The number of fused-ring (bicyclic) bond motifs is 1. The Morgan fingerprint density at radius 3 is 2.54 bits per heavy atom. The lowest BCUT2D eigenvalue weighted by Gasteiger charge is -2.28. The molecular formula is C21H20FNO3. The molecule has 1 heterocycles. The normalized spacial score (nSPS) is 12.1. The highest BCUT2D eigenvalue weighted by molar-refractivity contribution is 5.96. The van der Waals surface area contributed by atoms with Crippen molar-refractivity contribution in [1.82, 2.24) is 4.90 Å². The molecule has 3 rings (SSSR count). The van der Waals surface area contributed by atoms with Crippen LogP contribution in [0, 0.1) is 5.82 Å². The van der Waals surface area contributed by atoms with Gasteiger partial charge in [0, 0.05) is 18.0 Å². The number of carbonyl (C=O) groups excluding carboxylic acids is 1. The maximum absolute atomic E-state index is 13.1. The van der Waals surface area contributed by atoms with E-state index in [2.05, 4.69) is 0 Å². The summed E-state index contributed by atoms with van der Waals surface area (Å²) in [5.41, 5.74) is 0.597. The second-order valence-electron chi connectivity index (χ2n) is 6.30. The molecule has 0 aliphatic carbocycles. The maximum Gasteiger partial charge on any atom is 0.349 e. The van der Waals surface area contributed by atoms with Crippen molar-refractivity contribution in [1.29, 1.82) is 0 Å². The average Bonchev–Trinajstić information content (AvgIpc) is 2.66. The molecule has 3 aromatic rings. The Labute approximate surface area is 150 Å². The topological polar surface area (TPSA) is 50.5 Å². The fourth-order valence-corrected chi connectivity index (χ4v) is 2.80. The summed E-state index contributed by atoms with van der Waals surface area (Å²) >= 11 is 0. The van der Waals surface area contributed by atoms with Crippen LogP contribution in [0.3, 0.4) is 0 Å². The summed E-state index contributed by atoms with van der Waals surface area (Å²) in [7, 11) is 0. The van der Waals surface area contributed by atoms with E-state index in [9.17, 15) is 14.0 Å². The predicted molar refractivity (Wildman–Crippen MR) is 98.5 cm³/mol. The van der Waals surface area contributed by atoms with Gasteiger partial charge in [-0.05, 0) is 43.2 Å². The monoisotopic (exact) mass is 353 g/mol. The van der Waals surface area contributed by atoms with Crippen molar-refractivity contribution in [3.63, 3.8) is 0 Å². The second kappa shape index (κ2) is 7.52. The van der Waals surface area contributed by atoms with E-state index in [1.165, 1.54) is 12.1 Å². The van der Waals surface area contributed by atoms with Crippen LogP contribution in [0.25, 0.3) is 11.0 Å². The summed E-state index contributed by atoms with van der Waals surface area (Å²) in [6, 6.07) is 14.6. The van der Waals surface area contributed by atoms with Crippen LogP contribution in [0.5, 0.6) is 0 Å². The highest BCUT2D eigenvalue weighted by Gasteiger charge is 2.24. The number of para-hydroxylation sites is 1. The molecule has 0 aliphatic rings. The Kier molecular flexibility index (Phi) is 5.16. The third kappa shape index (κ3) is 3.67. The van der Waals surface area contributed by atoms with Crippen LogP contribution in [0.1, 0.15) is 36.2 Å². The molecule has 134 valence electrons. The molecule has 2 aromatic carbocycles. The number of hydrogen-bond acceptors (Lipinski definition) is 3. The molecular weight excluding hydrogens is 333 g/mol. The zero-order valence-corrected chi connectivity index (χ0v) is 14.7. The molecule has 0 spiro atoms. The maximum atomic E-state index is 13.1. The Hall–Kier alpha value is -2.95. The number of amides is 1. The van der Waals surface area contributed by atoms with Gasteiger partial charge >= 0.3 is 5.63 Å². The Morgan fingerprint density at radius 1 is 1.15 bits per heavy atom. The third-order valence-corrected chi connectivity index (χ3v) is 4.52. The van der Waals surface area contributed by atoms with Crippen LogP contribution in [0.4, 0.5) is 4.39 Å². The van der Waals surface area contributed by atoms with E-state index < -0.39 is 5.63 Å². The van der Waals surface area contributed by atoms with Crippen molar-refractivity contribution >= 4 is 16.9 Å². The van der Waals surface area contributed by atoms with Gasteiger partial charge in [-0.2, -0.15) is 0 Å². The van der Waals surface area contributed by atoms with Crippen molar-refractivity contribution in [2.45, 2.75) is 32.9 Å². The second-order valence-corrected chi connectivity index (χ2v) is 6.30. The number of carbonyl (C=O) groups is 1. The van der Waals surface area contributed by atoms with Crippen LogP contribution >= 0.6 is 0 Å². The first-order valence-corrected chi connectivity index (χ1v) is 8.58. The van der Waals surface area contributed by atoms with Crippen LogP contribution < -0.4 is 5.63 Å². The average molecular weight is 353 g/mol. The van der Waals surface area contributed by atoms with E-state index in [1.807, 2.05) is 19.9 Å². The first-order chi connectivity index (χ1) is 12.5. The molecule has 1 aromatic heterocycles. The Balaban J connectivity index is 1.98. The zero-order valence-electron chi connectivity index (χ0n) is 14.7. The smallest absolute Gasteiger partial charge is 0.349 e. The molecule has 0 radical (unpaired) electrons. The third-order valence-electron chi connectivity index (χ3n) is 4.52. The largest absolute Gasteiger partial charge is 0.422 e. The van der Waals surface area contributed by atoms with E-state index in [1.54, 1.807) is 41.3 Å². The highest BCUT2D eigenvalue weighted by Crippen LogP contribution is 2.18. The molecule has 0 N–H and O–H groups in total. The summed E-state index contributed by atoms with van der Waals surface area (Å²) in [6.45, 7) is 4.18. The number of hydrogen-bond donors (Lipinski definition) is 0. The van der Waals surface area contributed by atoms with Crippen molar-refractivity contribution in [3.05, 3.63) is 82.0 Å². The van der Waals surface area contributed by atoms with E-state index in [0.717, 1.165) is 12.0 Å². The predicted octanol–water partition coefficient (Wildman–Crippen LogP) is 4.37. The molecule has 1 atom stereocenters. The minimum absolute atomic E-state index is 0.00566. The van der Waals surface area contributed by atoms with Gasteiger partial charge in [-0.25, -0.2) is 9.18 Å². The molecule has 26 heavy (non-hydrogen) atoms. The SMILES string of the molecule is CCC(C)N(Cc1ccc(F)cc1)C(=O)c1cc2ccccc2oc1=O. The number of benzene rings is 2. The summed E-state index contributed by atoms with van der Waals surface area (Å²) in [5.74, 6) is -0.714. The van der Waals surface area contributed by atoms with Gasteiger partial charge in [-0.1, -0.05) is 37.3 Å². The molecule has 0 saturated carbocycles. The zero-order chi connectivity index (χ0) is 18.7. The molecule has 4 nitrogen and oxygen atoms in total. The molecule has 0 saturated heterocycles. The first-order valence-electron chi connectivity index (χ1n) is 8.58. The van der Waals surface area contributed by atoms with Crippen molar-refractivity contribution < 1.29 is 13.6 Å². The van der Waals surface area contributed by atoms with Gasteiger partial charge in [0.1, 0.15) is 17.0 Å². The summed E-state index contributed by atoms with van der Waals surface area (Å²) < 4.78 is 18.4. The van der Waals surface area contributed by atoms with Gasteiger partial charge in [-0.3, -0.25) is 4.79 Å². The van der Waals surface area contributed by atoms with Crippen LogP contribution in [0.2, 0.25) is 0 Å². The number of halogens is 1. The fourth-order valence-electron chi connectivity index (χ4n) is 2.80. The number of nitrogens with zero attached hydrogens (tertiary/aromatic N) is 1. The minimum atomic E-state index is -0.652. The lowest BCUT2D eigenvalue weighted by molar-refractivity contribution is 0.0667. The van der Waals surface area contributed by atoms with E-state index >= 15 is 0 Å². The summed E-state index contributed by atoms with van der Waals surface area (Å²) in [5, 5.41) is 0.696. The molecule has 1 amide bonds. The van der Waals surface area contributed by atoms with Crippen LogP contribution in [-0.2, 0) is 6.54 Å². The highest BCUT2D eigenvalue weighted by atomic mass is 19.1. The lowest BCUT2D eigenvalue weighted by atomic mass is 10.1. The minimum Gasteiger partial charge on any atom is -0.422 e. The van der Waals surface area contributed by atoms with Gasteiger partial charge in [0.25, 0.3) is 5.91 Å². The van der Waals surface area contributed by atoms with E-state index in [4.69, 9.17) is 4.42 Å². The van der Waals surface area contributed by atoms with E-state index in [-0.39, 0.29) is 23.3 Å². The molecule has 0 bridgehead atoms. The molecule has 0 fully saturated rings. The summed E-state index contributed by atoms with van der Waals surface area (Å²) in [4.78, 5) is 27.0. The Bertz CT molecular complexity index is 978. The van der Waals surface area contributed by atoms with Crippen molar-refractivity contribution in [2.75, 3.05) is 0 Å². The van der Waals surface area contributed by atoms with Gasteiger partial charge < -0.3 is 9.32 Å². The fraction of sp³-hybridized carbons (Fsp3) is 0.238. The first kappa shape index (κ1) is 17.9. The van der Waals surface area contributed by atoms with E-state index in [0.29, 0.717) is 17.5 Å². The molecule has 5 heteroatoms. The quantitative estimate of drug-likeness (QED) is 0.640.